The van der Waals surface area contributed by atoms with Crippen LogP contribution in [0.25, 0.3) is 0 Å². The van der Waals surface area contributed by atoms with E-state index in [4.69, 9.17) is 0 Å². The van der Waals surface area contributed by atoms with E-state index < -0.39 is 0 Å². The first kappa shape index (κ1) is 24.2. The maximum Gasteiger partial charge on any atom is -0.0351 e. The molecular formula is C25H46. The molecule has 0 bridgehead atoms. The lowest BCUT2D eigenvalue weighted by molar-refractivity contribution is 0.566. The number of unbranched alkanes of at least 4 members (excludes halogenated alkanes) is 15. The smallest absolute Gasteiger partial charge is 0.0351 e. The van der Waals surface area contributed by atoms with Crippen molar-refractivity contribution in [2.75, 3.05) is 0 Å². The van der Waals surface area contributed by atoms with Gasteiger partial charge < -0.3 is 0 Å². The highest BCUT2D eigenvalue weighted by Gasteiger charge is 1.91. The van der Waals surface area contributed by atoms with Gasteiger partial charge in [0.25, 0.3) is 0 Å². The Morgan fingerprint density at radius 1 is 0.440 bits per heavy atom. The van der Waals surface area contributed by atoms with Crippen LogP contribution in [0.5, 0.6) is 0 Å². The van der Waals surface area contributed by atoms with Gasteiger partial charge in [-0.15, -0.1) is 6.58 Å². The van der Waals surface area contributed by atoms with Crippen LogP contribution in [0.2, 0.25) is 0 Å². The monoisotopic (exact) mass is 346 g/mol. The third-order valence-corrected chi connectivity index (χ3v) is 4.83. The molecule has 0 unspecified atom stereocenters. The topological polar surface area (TPSA) is 0 Å². The van der Waals surface area contributed by atoms with Crippen LogP contribution >= 0.6 is 0 Å². The summed E-state index contributed by atoms with van der Waals surface area (Å²) in [5, 5.41) is 0. The summed E-state index contributed by atoms with van der Waals surface area (Å²) >= 11 is 0. The molecule has 0 radical (unpaired) electrons. The third kappa shape index (κ3) is 23.2. The largest absolute Gasteiger partial charge is 0.103 e. The molecule has 0 amide bonds. The molecule has 0 nitrogen and oxygen atoms in total. The molecule has 25 heavy (non-hydrogen) atoms. The van der Waals surface area contributed by atoms with E-state index in [1.165, 1.54) is 116 Å². The van der Waals surface area contributed by atoms with Crippen LogP contribution in [-0.2, 0) is 0 Å². The van der Waals surface area contributed by atoms with Crippen LogP contribution in [0.4, 0.5) is 0 Å². The van der Waals surface area contributed by atoms with E-state index >= 15 is 0 Å². The van der Waals surface area contributed by atoms with Crippen LogP contribution in [0.1, 0.15) is 122 Å². The highest BCUT2D eigenvalue weighted by Crippen LogP contribution is 2.11. The summed E-state index contributed by atoms with van der Waals surface area (Å²) in [5.41, 5.74) is 0. The van der Waals surface area contributed by atoms with E-state index in [9.17, 15) is 0 Å². The second-order valence-electron chi connectivity index (χ2n) is 7.42. The van der Waals surface area contributed by atoms with Crippen molar-refractivity contribution >= 4 is 0 Å². The fourth-order valence-corrected chi connectivity index (χ4v) is 3.12. The first-order chi connectivity index (χ1) is 12.4. The van der Waals surface area contributed by atoms with Crippen LogP contribution < -0.4 is 0 Å². The number of hydrogen-bond donors (Lipinski definition) is 0. The Labute approximate surface area is 159 Å². The van der Waals surface area contributed by atoms with Crippen molar-refractivity contribution in [1.29, 1.82) is 0 Å². The second kappa shape index (κ2) is 23.2. The second-order valence-corrected chi connectivity index (χ2v) is 7.42. The highest BCUT2D eigenvalue weighted by molar-refractivity contribution is 4.84. The first-order valence-corrected chi connectivity index (χ1v) is 11.3. The Kier molecular flexibility index (Phi) is 22.5. The summed E-state index contributed by atoms with van der Waals surface area (Å²) in [4.78, 5) is 0. The molecule has 0 aromatic carbocycles. The SMILES string of the molecule is C=CCCCC/C=C\CCCC/C=C/CCCCCCCCCCC. The quantitative estimate of drug-likeness (QED) is 0.152. The Morgan fingerprint density at radius 3 is 1.16 bits per heavy atom. The minimum absolute atomic E-state index is 1.17. The van der Waals surface area contributed by atoms with Gasteiger partial charge >= 0.3 is 0 Å². The molecule has 0 aliphatic rings. The minimum atomic E-state index is 1.17. The average Bonchev–Trinajstić information content (AvgIpc) is 2.63. The summed E-state index contributed by atoms with van der Waals surface area (Å²) in [6.45, 7) is 6.05. The molecule has 0 N–H and O–H groups in total. The number of hydrogen-bond acceptors (Lipinski definition) is 0. The van der Waals surface area contributed by atoms with Crippen molar-refractivity contribution in [3.05, 3.63) is 37.0 Å². The molecule has 0 heteroatoms. The summed E-state index contributed by atoms with van der Waals surface area (Å²) in [7, 11) is 0. The van der Waals surface area contributed by atoms with Gasteiger partial charge in [0.1, 0.15) is 0 Å². The van der Waals surface area contributed by atoms with Crippen LogP contribution in [0.15, 0.2) is 37.0 Å². The molecule has 146 valence electrons. The van der Waals surface area contributed by atoms with E-state index in [0.29, 0.717) is 0 Å². The lowest BCUT2D eigenvalue weighted by Crippen LogP contribution is -1.80. The molecule has 0 aliphatic carbocycles. The van der Waals surface area contributed by atoms with Crippen LogP contribution in [0.3, 0.4) is 0 Å². The molecule has 0 saturated heterocycles. The molecule has 0 aliphatic heterocycles. The fourth-order valence-electron chi connectivity index (χ4n) is 3.12. The Bertz CT molecular complexity index is 297. The van der Waals surface area contributed by atoms with Crippen molar-refractivity contribution in [2.24, 2.45) is 0 Å². The Hall–Kier alpha value is -0.780. The molecule has 0 aromatic rings. The van der Waals surface area contributed by atoms with Gasteiger partial charge in [0, 0.05) is 0 Å². The maximum atomic E-state index is 3.76. The molecule has 0 spiro atoms. The number of rotatable bonds is 20. The first-order valence-electron chi connectivity index (χ1n) is 11.3. The molecule has 0 rings (SSSR count). The van der Waals surface area contributed by atoms with Gasteiger partial charge in [-0.2, -0.15) is 0 Å². The zero-order valence-corrected chi connectivity index (χ0v) is 17.3. The summed E-state index contributed by atoms with van der Waals surface area (Å²) < 4.78 is 0. The van der Waals surface area contributed by atoms with E-state index in [2.05, 4.69) is 37.8 Å². The van der Waals surface area contributed by atoms with Gasteiger partial charge in [-0.1, -0.05) is 88.7 Å². The zero-order chi connectivity index (χ0) is 18.3. The molecule has 0 fully saturated rings. The van der Waals surface area contributed by atoms with Crippen molar-refractivity contribution in [3.8, 4) is 0 Å². The number of allylic oxidation sites excluding steroid dienone is 5. The minimum Gasteiger partial charge on any atom is -0.103 e. The zero-order valence-electron chi connectivity index (χ0n) is 17.3. The standard InChI is InChI=1S/C25H46/c1-3-5-7-9-11-13-15-17-19-21-23-25-24-22-20-18-16-14-12-10-8-6-4-2/h3,13,15,24-25H,1,4-12,14,16-23H2,2H3/b15-13-,25-24+. The lowest BCUT2D eigenvalue weighted by atomic mass is 10.1. The van der Waals surface area contributed by atoms with Crippen LogP contribution in [-0.4, -0.2) is 0 Å². The van der Waals surface area contributed by atoms with Crippen molar-refractivity contribution < 1.29 is 0 Å². The van der Waals surface area contributed by atoms with Gasteiger partial charge in [-0.25, -0.2) is 0 Å². The molecule has 0 saturated carbocycles. The van der Waals surface area contributed by atoms with Crippen molar-refractivity contribution in [1.82, 2.24) is 0 Å². The van der Waals surface area contributed by atoms with Crippen molar-refractivity contribution in [3.63, 3.8) is 0 Å². The van der Waals surface area contributed by atoms with E-state index in [0.717, 1.165) is 0 Å². The molecule has 0 heterocycles. The normalized spacial score (nSPS) is 11.7. The molecule has 0 aromatic heterocycles. The van der Waals surface area contributed by atoms with Gasteiger partial charge in [0.05, 0.1) is 0 Å². The lowest BCUT2D eigenvalue weighted by Gasteiger charge is -2.00. The van der Waals surface area contributed by atoms with Gasteiger partial charge in [0.2, 0.25) is 0 Å². The Morgan fingerprint density at radius 2 is 0.760 bits per heavy atom. The van der Waals surface area contributed by atoms with Gasteiger partial charge in [-0.3, -0.25) is 0 Å². The van der Waals surface area contributed by atoms with Crippen LogP contribution in [0, 0.1) is 0 Å². The van der Waals surface area contributed by atoms with E-state index in [1.54, 1.807) is 0 Å². The average molecular weight is 347 g/mol. The summed E-state index contributed by atoms with van der Waals surface area (Å²) in [5.74, 6) is 0. The fraction of sp³-hybridized carbons (Fsp3) is 0.760. The molecular weight excluding hydrogens is 300 g/mol. The summed E-state index contributed by atoms with van der Waals surface area (Å²) in [6.07, 6.45) is 36.0. The Balaban J connectivity index is 3.13. The third-order valence-electron chi connectivity index (χ3n) is 4.83. The predicted octanol–water partition coefficient (Wildman–Crippen LogP) is 9.33. The predicted molar refractivity (Wildman–Crippen MR) is 117 cm³/mol. The molecule has 0 atom stereocenters. The van der Waals surface area contributed by atoms with E-state index in [-0.39, 0.29) is 0 Å². The highest BCUT2D eigenvalue weighted by atomic mass is 14.0. The van der Waals surface area contributed by atoms with Gasteiger partial charge in [0.15, 0.2) is 0 Å². The maximum absolute atomic E-state index is 3.76. The summed E-state index contributed by atoms with van der Waals surface area (Å²) in [6, 6.07) is 0. The van der Waals surface area contributed by atoms with E-state index in [1.807, 2.05) is 6.08 Å². The van der Waals surface area contributed by atoms with Crippen molar-refractivity contribution in [2.45, 2.75) is 122 Å². The van der Waals surface area contributed by atoms with Gasteiger partial charge in [-0.05, 0) is 64.2 Å².